The lowest BCUT2D eigenvalue weighted by molar-refractivity contribution is -0.0127. The van der Waals surface area contributed by atoms with Crippen molar-refractivity contribution in [3.8, 4) is 5.75 Å². The van der Waals surface area contributed by atoms with Crippen LogP contribution in [-0.2, 0) is 6.61 Å². The van der Waals surface area contributed by atoms with Crippen LogP contribution in [0, 0.1) is 23.6 Å². The number of halogens is 1. The molecule has 1 aromatic carbocycles. The van der Waals surface area contributed by atoms with Gasteiger partial charge in [-0.15, -0.1) is 0 Å². The maximum atomic E-state index is 13.4. The van der Waals surface area contributed by atoms with Gasteiger partial charge < -0.3 is 10.1 Å². The van der Waals surface area contributed by atoms with Crippen molar-refractivity contribution in [2.24, 2.45) is 17.8 Å². The Bertz CT molecular complexity index is 881. The zero-order valence-electron chi connectivity index (χ0n) is 16.4. The molecule has 0 unspecified atom stereocenters. The van der Waals surface area contributed by atoms with Gasteiger partial charge in [0.05, 0.1) is 0 Å². The summed E-state index contributed by atoms with van der Waals surface area (Å²) in [4.78, 5) is 17.1. The number of urea groups is 1. The Morgan fingerprint density at radius 2 is 1.83 bits per heavy atom. The Kier molecular flexibility index (Phi) is 4.64. The van der Waals surface area contributed by atoms with Gasteiger partial charge in [0.2, 0.25) is 0 Å². The molecule has 1 aromatic heterocycles. The van der Waals surface area contributed by atoms with Crippen LogP contribution in [0.25, 0.3) is 0 Å². The minimum Gasteiger partial charge on any atom is -0.485 e. The molecule has 4 fully saturated rings. The number of hydrogen-bond acceptors (Lipinski definition) is 3. The van der Waals surface area contributed by atoms with Gasteiger partial charge in [-0.3, -0.25) is 5.32 Å². The monoisotopic (exact) mass is 395 g/mol. The molecular formula is C23H26FN3O2. The average Bonchev–Trinajstić information content (AvgIpc) is 2.66. The topological polar surface area (TPSA) is 63.2 Å². The maximum absolute atomic E-state index is 13.4. The summed E-state index contributed by atoms with van der Waals surface area (Å²) in [6.07, 6.45) is 8.91. The Morgan fingerprint density at radius 1 is 1.10 bits per heavy atom. The number of carbonyl (C=O) groups excluding carboxylic acids is 1. The molecule has 0 radical (unpaired) electrons. The molecule has 6 rings (SSSR count). The molecule has 4 bridgehead atoms. The van der Waals surface area contributed by atoms with Crippen LogP contribution in [0.15, 0.2) is 42.6 Å². The van der Waals surface area contributed by atoms with Crippen molar-refractivity contribution in [2.75, 3.05) is 5.32 Å². The molecule has 0 saturated heterocycles. The first-order chi connectivity index (χ1) is 14.1. The van der Waals surface area contributed by atoms with E-state index in [0.717, 1.165) is 42.6 Å². The lowest BCUT2D eigenvalue weighted by Gasteiger charge is -2.56. The zero-order chi connectivity index (χ0) is 19.8. The molecule has 2 aromatic rings. The summed E-state index contributed by atoms with van der Waals surface area (Å²) in [5.74, 6) is 2.85. The van der Waals surface area contributed by atoms with E-state index >= 15 is 0 Å². The van der Waals surface area contributed by atoms with Crippen LogP contribution in [0.4, 0.5) is 15.0 Å². The molecular weight excluding hydrogens is 369 g/mol. The van der Waals surface area contributed by atoms with Gasteiger partial charge in [0, 0.05) is 11.7 Å². The van der Waals surface area contributed by atoms with Crippen molar-refractivity contribution in [2.45, 2.75) is 50.7 Å². The normalized spacial score (nSPS) is 29.5. The Hall–Kier alpha value is -2.63. The third-order valence-electron chi connectivity index (χ3n) is 6.70. The fourth-order valence-electron chi connectivity index (χ4n) is 6.03. The first-order valence-electron chi connectivity index (χ1n) is 10.5. The van der Waals surface area contributed by atoms with Gasteiger partial charge in [-0.1, -0.05) is 12.1 Å². The first-order valence-corrected chi connectivity index (χ1v) is 10.5. The molecule has 0 aliphatic heterocycles. The summed E-state index contributed by atoms with van der Waals surface area (Å²) < 4.78 is 19.2. The van der Waals surface area contributed by atoms with E-state index in [1.165, 1.54) is 31.4 Å². The predicted molar refractivity (Wildman–Crippen MR) is 108 cm³/mol. The lowest BCUT2D eigenvalue weighted by Crippen LogP contribution is -2.60. The van der Waals surface area contributed by atoms with Gasteiger partial charge in [-0.25, -0.2) is 14.2 Å². The molecule has 1 heterocycles. The highest BCUT2D eigenvalue weighted by Crippen LogP contribution is 2.55. The average molecular weight is 395 g/mol. The molecule has 4 aliphatic rings. The Morgan fingerprint density at radius 3 is 2.52 bits per heavy atom. The van der Waals surface area contributed by atoms with Gasteiger partial charge in [-0.05, 0) is 86.1 Å². The van der Waals surface area contributed by atoms with Crippen molar-refractivity contribution in [3.05, 3.63) is 54.0 Å². The van der Waals surface area contributed by atoms with E-state index in [1.54, 1.807) is 30.5 Å². The van der Waals surface area contributed by atoms with E-state index in [2.05, 4.69) is 15.6 Å². The molecule has 2 amide bonds. The van der Waals surface area contributed by atoms with Gasteiger partial charge in [-0.2, -0.15) is 0 Å². The maximum Gasteiger partial charge on any atom is 0.320 e. The van der Waals surface area contributed by atoms with Crippen molar-refractivity contribution >= 4 is 11.8 Å². The fraction of sp³-hybridized carbons (Fsp3) is 0.478. The largest absolute Gasteiger partial charge is 0.485 e. The zero-order valence-corrected chi connectivity index (χ0v) is 16.4. The van der Waals surface area contributed by atoms with Gasteiger partial charge in [0.1, 0.15) is 12.4 Å². The summed E-state index contributed by atoms with van der Waals surface area (Å²) >= 11 is 0. The minimum absolute atomic E-state index is 0.0593. The summed E-state index contributed by atoms with van der Waals surface area (Å²) in [6, 6.07) is 9.57. The van der Waals surface area contributed by atoms with Crippen LogP contribution in [0.5, 0.6) is 5.75 Å². The van der Waals surface area contributed by atoms with Crippen molar-refractivity contribution in [1.29, 1.82) is 0 Å². The number of ether oxygens (including phenoxy) is 1. The van der Waals surface area contributed by atoms with Gasteiger partial charge in [0.15, 0.2) is 11.6 Å². The highest BCUT2D eigenvalue weighted by atomic mass is 19.1. The second-order valence-corrected chi connectivity index (χ2v) is 9.05. The van der Waals surface area contributed by atoms with Crippen LogP contribution < -0.4 is 15.4 Å². The summed E-state index contributed by atoms with van der Waals surface area (Å²) in [7, 11) is 0. The highest BCUT2D eigenvalue weighted by molar-refractivity contribution is 5.90. The van der Waals surface area contributed by atoms with E-state index in [-0.39, 0.29) is 24.0 Å². The SMILES string of the molecule is O=C(Nc1ncccc1OCc1cccc(F)c1)NC12CC3CC(CC(C3)C1)C2. The van der Waals surface area contributed by atoms with E-state index in [4.69, 9.17) is 4.74 Å². The summed E-state index contributed by atoms with van der Waals surface area (Å²) in [5, 5.41) is 6.16. The first kappa shape index (κ1) is 18.4. The van der Waals surface area contributed by atoms with Crippen LogP contribution >= 0.6 is 0 Å². The molecule has 5 nitrogen and oxygen atoms in total. The van der Waals surface area contributed by atoms with E-state index in [1.807, 2.05) is 0 Å². The van der Waals surface area contributed by atoms with Crippen LogP contribution in [0.3, 0.4) is 0 Å². The standard InChI is InChI=1S/C23H26FN3O2/c24-19-4-1-3-15(10-19)14-29-20-5-2-6-25-21(20)26-22(28)27-23-11-16-7-17(12-23)9-18(8-16)13-23/h1-6,10,16-18H,7-9,11-14H2,(H2,25,26,27,28). The molecule has 4 saturated carbocycles. The van der Waals surface area contributed by atoms with Gasteiger partial charge in [0.25, 0.3) is 0 Å². The number of pyridine rings is 1. The molecule has 4 aliphatic carbocycles. The predicted octanol–water partition coefficient (Wildman–Crippen LogP) is 4.89. The number of benzene rings is 1. The molecule has 0 spiro atoms. The highest BCUT2D eigenvalue weighted by Gasteiger charge is 2.51. The van der Waals surface area contributed by atoms with Crippen LogP contribution in [-0.4, -0.2) is 16.6 Å². The number of anilines is 1. The number of amides is 2. The van der Waals surface area contributed by atoms with Crippen molar-refractivity contribution in [1.82, 2.24) is 10.3 Å². The molecule has 6 heteroatoms. The fourth-order valence-corrected chi connectivity index (χ4v) is 6.03. The van der Waals surface area contributed by atoms with Crippen molar-refractivity contribution < 1.29 is 13.9 Å². The summed E-state index contributed by atoms with van der Waals surface area (Å²) in [5.41, 5.74) is 0.661. The third-order valence-corrected chi connectivity index (χ3v) is 6.70. The van der Waals surface area contributed by atoms with Crippen LogP contribution in [0.1, 0.15) is 44.1 Å². The number of hydrogen-bond donors (Lipinski definition) is 2. The minimum atomic E-state index is -0.300. The Labute approximate surface area is 170 Å². The lowest BCUT2D eigenvalue weighted by atomic mass is 9.53. The molecule has 29 heavy (non-hydrogen) atoms. The quantitative estimate of drug-likeness (QED) is 0.758. The second kappa shape index (κ2) is 7.32. The number of rotatable bonds is 5. The second-order valence-electron chi connectivity index (χ2n) is 9.05. The molecule has 0 atom stereocenters. The third kappa shape index (κ3) is 3.93. The van der Waals surface area contributed by atoms with E-state index in [0.29, 0.717) is 11.6 Å². The molecule has 2 N–H and O–H groups in total. The number of carbonyl (C=O) groups is 1. The number of nitrogens with one attached hydrogen (secondary N) is 2. The smallest absolute Gasteiger partial charge is 0.320 e. The van der Waals surface area contributed by atoms with E-state index < -0.39 is 0 Å². The number of aromatic nitrogens is 1. The molecule has 152 valence electrons. The Balaban J connectivity index is 1.24. The summed E-state index contributed by atoms with van der Waals surface area (Å²) in [6.45, 7) is 0.203. The van der Waals surface area contributed by atoms with Crippen molar-refractivity contribution in [3.63, 3.8) is 0 Å². The van der Waals surface area contributed by atoms with E-state index in [9.17, 15) is 9.18 Å². The van der Waals surface area contributed by atoms with Crippen LogP contribution in [0.2, 0.25) is 0 Å². The number of nitrogens with zero attached hydrogens (tertiary/aromatic N) is 1. The van der Waals surface area contributed by atoms with Gasteiger partial charge >= 0.3 is 6.03 Å².